The molecule has 0 bridgehead atoms. The summed E-state index contributed by atoms with van der Waals surface area (Å²) in [5.41, 5.74) is 1.81. The molecule has 2 aromatic heterocycles. The van der Waals surface area contributed by atoms with Crippen LogP contribution < -0.4 is 15.5 Å². The number of nitrogens with zero attached hydrogens (tertiary/aromatic N) is 4. The van der Waals surface area contributed by atoms with Crippen LogP contribution in [-0.4, -0.2) is 48.0 Å². The molecule has 0 amide bonds. The number of guanidine groups is 1. The summed E-state index contributed by atoms with van der Waals surface area (Å²) >= 11 is 1.81. The van der Waals surface area contributed by atoms with E-state index in [9.17, 15) is 4.39 Å². The first kappa shape index (κ1) is 24.5. The van der Waals surface area contributed by atoms with Crippen LogP contribution in [0.4, 0.5) is 9.39 Å². The van der Waals surface area contributed by atoms with Crippen molar-refractivity contribution in [2.75, 3.05) is 31.1 Å². The van der Waals surface area contributed by atoms with Crippen LogP contribution in [0.2, 0.25) is 0 Å². The van der Waals surface area contributed by atoms with Crippen molar-refractivity contribution in [2.45, 2.75) is 32.2 Å². The number of benzene rings is 1. The normalized spacial score (nSPS) is 14.8. The lowest BCUT2D eigenvalue weighted by molar-refractivity contribution is 0.463. The van der Waals surface area contributed by atoms with E-state index in [1.54, 1.807) is 16.8 Å². The monoisotopic (exact) mass is 568 g/mol. The van der Waals surface area contributed by atoms with Gasteiger partial charge < -0.3 is 15.5 Å². The molecule has 3 heterocycles. The minimum atomic E-state index is -0.244. The van der Waals surface area contributed by atoms with Crippen molar-refractivity contribution in [3.8, 4) is 5.69 Å². The van der Waals surface area contributed by atoms with Gasteiger partial charge in [-0.1, -0.05) is 0 Å². The molecule has 6 nitrogen and oxygen atoms in total. The quantitative estimate of drug-likeness (QED) is 0.251. The van der Waals surface area contributed by atoms with Crippen LogP contribution in [0.15, 0.2) is 59.0 Å². The number of halogens is 2. The molecule has 3 aromatic rings. The predicted octanol–water partition coefficient (Wildman–Crippen LogP) is 4.46. The molecule has 0 aliphatic carbocycles. The highest BCUT2D eigenvalue weighted by atomic mass is 127. The Labute approximate surface area is 210 Å². The summed E-state index contributed by atoms with van der Waals surface area (Å²) < 4.78 is 14.9. The van der Waals surface area contributed by atoms with Crippen LogP contribution in [0.1, 0.15) is 25.5 Å². The summed E-state index contributed by atoms with van der Waals surface area (Å²) in [4.78, 5) is 7.21. The van der Waals surface area contributed by atoms with Gasteiger partial charge in [0.2, 0.25) is 0 Å². The number of aromatic nitrogens is 2. The van der Waals surface area contributed by atoms with Gasteiger partial charge in [-0.15, -0.1) is 35.3 Å². The van der Waals surface area contributed by atoms with Crippen molar-refractivity contribution in [3.05, 3.63) is 65.6 Å². The number of anilines is 1. The lowest BCUT2D eigenvalue weighted by Gasteiger charge is -2.33. The molecule has 32 heavy (non-hydrogen) atoms. The van der Waals surface area contributed by atoms with Gasteiger partial charge in [-0.2, -0.15) is 5.10 Å². The lowest BCUT2D eigenvalue weighted by atomic mass is 10.1. The Hall–Kier alpha value is -2.14. The van der Waals surface area contributed by atoms with E-state index in [0.717, 1.165) is 56.2 Å². The van der Waals surface area contributed by atoms with Crippen LogP contribution in [0.25, 0.3) is 5.69 Å². The van der Waals surface area contributed by atoms with E-state index in [2.05, 4.69) is 45.1 Å². The van der Waals surface area contributed by atoms with E-state index >= 15 is 0 Å². The van der Waals surface area contributed by atoms with Crippen LogP contribution in [0.5, 0.6) is 0 Å². The van der Waals surface area contributed by atoms with Gasteiger partial charge in [0.1, 0.15) is 5.82 Å². The van der Waals surface area contributed by atoms with E-state index in [0.29, 0.717) is 12.6 Å². The predicted molar refractivity (Wildman–Crippen MR) is 141 cm³/mol. The molecule has 0 spiro atoms. The number of hydrogen-bond donors (Lipinski definition) is 2. The van der Waals surface area contributed by atoms with Crippen molar-refractivity contribution in [3.63, 3.8) is 0 Å². The van der Waals surface area contributed by atoms with E-state index in [1.807, 2.05) is 23.6 Å². The highest BCUT2D eigenvalue weighted by molar-refractivity contribution is 14.0. The molecular weight excluding hydrogens is 538 g/mol. The van der Waals surface area contributed by atoms with Gasteiger partial charge in [-0.25, -0.2) is 9.07 Å². The zero-order valence-corrected chi connectivity index (χ0v) is 21.4. The van der Waals surface area contributed by atoms with Crippen molar-refractivity contribution in [2.24, 2.45) is 4.99 Å². The van der Waals surface area contributed by atoms with Crippen LogP contribution in [0.3, 0.4) is 0 Å². The fraction of sp³-hybridized carbons (Fsp3) is 0.391. The number of aliphatic imine (C=N–C) groups is 1. The SMILES string of the molecule is CCNC(=NCCc1ccn(-c2ccc(F)cc2)n1)NC1CCN(c2cccs2)CC1.I. The van der Waals surface area contributed by atoms with Gasteiger partial charge in [0.15, 0.2) is 5.96 Å². The molecule has 2 N–H and O–H groups in total. The van der Waals surface area contributed by atoms with Crippen molar-refractivity contribution in [1.29, 1.82) is 0 Å². The Morgan fingerprint density at radius 2 is 1.97 bits per heavy atom. The summed E-state index contributed by atoms with van der Waals surface area (Å²) in [6.45, 7) is 5.71. The molecule has 1 fully saturated rings. The number of piperidine rings is 1. The first-order chi connectivity index (χ1) is 15.2. The van der Waals surface area contributed by atoms with Gasteiger partial charge in [0.25, 0.3) is 0 Å². The smallest absolute Gasteiger partial charge is 0.191 e. The Balaban J connectivity index is 0.00000289. The average molecular weight is 569 g/mol. The molecule has 0 radical (unpaired) electrons. The van der Waals surface area contributed by atoms with E-state index in [4.69, 9.17) is 4.99 Å². The van der Waals surface area contributed by atoms with Crippen LogP contribution in [0, 0.1) is 5.82 Å². The molecule has 1 aliphatic heterocycles. The number of thiophene rings is 1. The van der Waals surface area contributed by atoms with Crippen molar-refractivity contribution < 1.29 is 4.39 Å². The zero-order valence-electron chi connectivity index (χ0n) is 18.2. The molecule has 0 unspecified atom stereocenters. The second-order valence-electron chi connectivity index (χ2n) is 7.60. The zero-order chi connectivity index (χ0) is 21.5. The molecule has 9 heteroatoms. The molecule has 4 rings (SSSR count). The van der Waals surface area contributed by atoms with E-state index in [1.165, 1.54) is 17.1 Å². The highest BCUT2D eigenvalue weighted by Gasteiger charge is 2.20. The van der Waals surface area contributed by atoms with Crippen molar-refractivity contribution >= 4 is 46.3 Å². The summed E-state index contributed by atoms with van der Waals surface area (Å²) in [7, 11) is 0. The number of hydrogen-bond acceptors (Lipinski definition) is 4. The Morgan fingerprint density at radius 3 is 2.66 bits per heavy atom. The second-order valence-corrected chi connectivity index (χ2v) is 8.52. The first-order valence-corrected chi connectivity index (χ1v) is 11.7. The minimum absolute atomic E-state index is 0. The summed E-state index contributed by atoms with van der Waals surface area (Å²) in [5, 5.41) is 15.0. The first-order valence-electron chi connectivity index (χ1n) is 10.8. The molecule has 0 saturated carbocycles. The topological polar surface area (TPSA) is 57.5 Å². The third kappa shape index (κ3) is 6.68. The van der Waals surface area contributed by atoms with Crippen LogP contribution >= 0.6 is 35.3 Å². The van der Waals surface area contributed by atoms with Gasteiger partial charge >= 0.3 is 0 Å². The highest BCUT2D eigenvalue weighted by Crippen LogP contribution is 2.24. The number of rotatable bonds is 7. The molecule has 1 aromatic carbocycles. The summed E-state index contributed by atoms with van der Waals surface area (Å²) in [6, 6.07) is 13.1. The fourth-order valence-electron chi connectivity index (χ4n) is 3.72. The van der Waals surface area contributed by atoms with Gasteiger partial charge in [0, 0.05) is 44.8 Å². The minimum Gasteiger partial charge on any atom is -0.363 e. The Kier molecular flexibility index (Phi) is 9.34. The lowest BCUT2D eigenvalue weighted by Crippen LogP contribution is -2.48. The van der Waals surface area contributed by atoms with Gasteiger partial charge in [-0.3, -0.25) is 4.99 Å². The standard InChI is InChI=1S/C23H29FN6S.HI/c1-2-25-23(27-19-10-14-29(15-11-19)22-4-3-17-31-22)26-13-9-20-12-16-30(28-20)21-7-5-18(24)6-8-21;/h3-8,12,16-17,19H,2,9-11,13-15H2,1H3,(H2,25,26,27);1H. The number of nitrogens with one attached hydrogen (secondary N) is 2. The third-order valence-electron chi connectivity index (χ3n) is 5.37. The largest absolute Gasteiger partial charge is 0.363 e. The third-order valence-corrected chi connectivity index (χ3v) is 6.30. The van der Waals surface area contributed by atoms with Crippen LogP contribution in [-0.2, 0) is 6.42 Å². The van der Waals surface area contributed by atoms with E-state index < -0.39 is 0 Å². The molecular formula is C23H30FIN6S. The molecule has 172 valence electrons. The molecule has 0 atom stereocenters. The van der Waals surface area contributed by atoms with E-state index in [-0.39, 0.29) is 29.8 Å². The Bertz CT molecular complexity index is 965. The second kappa shape index (κ2) is 12.2. The maximum Gasteiger partial charge on any atom is 0.191 e. The van der Waals surface area contributed by atoms with Crippen molar-refractivity contribution in [1.82, 2.24) is 20.4 Å². The molecule has 1 saturated heterocycles. The average Bonchev–Trinajstić information content (AvgIpc) is 3.48. The summed E-state index contributed by atoms with van der Waals surface area (Å²) in [6.07, 6.45) is 4.85. The summed E-state index contributed by atoms with van der Waals surface area (Å²) in [5.74, 6) is 0.626. The van der Waals surface area contributed by atoms with Gasteiger partial charge in [0.05, 0.1) is 16.4 Å². The Morgan fingerprint density at radius 1 is 1.19 bits per heavy atom. The fourth-order valence-corrected chi connectivity index (χ4v) is 4.51. The van der Waals surface area contributed by atoms with Gasteiger partial charge in [-0.05, 0) is 67.6 Å². The molecule has 1 aliphatic rings. The maximum absolute atomic E-state index is 13.1. The maximum atomic E-state index is 13.1.